The molecule has 2 unspecified atom stereocenters. The molecule has 0 aliphatic heterocycles. The molecule has 0 radical (unpaired) electrons. The standard InChI is InChI=1S/C12H18N3O13P3/c1-7-4-15(11(18)14-10(7)17)8-2-9(16)12(3-8,5-13)6-26-30(22,23)28-31(24,25)27-29(19,20)21/h4,8-9,16H,2-3,6H2,1H3,(H,22,23)(H,24,25)(H,14,17,18)(H2,19,20,21)/t8-,9-,12-/m0/s1. The topological polar surface area (TPSA) is 259 Å². The first-order valence-electron chi connectivity index (χ1n) is 8.19. The lowest BCUT2D eigenvalue weighted by atomic mass is 9.87. The first-order chi connectivity index (χ1) is 14.0. The summed E-state index contributed by atoms with van der Waals surface area (Å²) in [5.74, 6) is 0. The average molecular weight is 505 g/mol. The Morgan fingerprint density at radius 2 is 1.84 bits per heavy atom. The summed E-state index contributed by atoms with van der Waals surface area (Å²) in [4.78, 5) is 61.3. The molecule has 0 saturated heterocycles. The van der Waals surface area contributed by atoms with Gasteiger partial charge in [0.1, 0.15) is 5.41 Å². The van der Waals surface area contributed by atoms with Crippen molar-refractivity contribution in [1.82, 2.24) is 9.55 Å². The zero-order valence-corrected chi connectivity index (χ0v) is 18.3. The van der Waals surface area contributed by atoms with E-state index in [-0.39, 0.29) is 18.4 Å². The van der Waals surface area contributed by atoms with Crippen molar-refractivity contribution in [2.45, 2.75) is 31.9 Å². The van der Waals surface area contributed by atoms with E-state index >= 15 is 0 Å². The lowest BCUT2D eigenvalue weighted by Gasteiger charge is -2.25. The molecule has 0 amide bonds. The molecule has 174 valence electrons. The summed E-state index contributed by atoms with van der Waals surface area (Å²) < 4.78 is 46.6. The number of aromatic nitrogens is 2. The van der Waals surface area contributed by atoms with Crippen LogP contribution in [0.2, 0.25) is 0 Å². The highest BCUT2D eigenvalue weighted by Crippen LogP contribution is 2.66. The third kappa shape index (κ3) is 6.52. The highest BCUT2D eigenvalue weighted by Gasteiger charge is 2.51. The van der Waals surface area contributed by atoms with E-state index in [9.17, 15) is 38.5 Å². The van der Waals surface area contributed by atoms with Crippen LogP contribution < -0.4 is 11.2 Å². The number of phosphoric ester groups is 1. The zero-order valence-electron chi connectivity index (χ0n) is 15.6. The zero-order chi connectivity index (χ0) is 23.8. The smallest absolute Gasteiger partial charge is 0.391 e. The Morgan fingerprint density at radius 1 is 1.23 bits per heavy atom. The Balaban J connectivity index is 2.19. The average Bonchev–Trinajstić information content (AvgIpc) is 2.90. The van der Waals surface area contributed by atoms with Crippen molar-refractivity contribution in [2.24, 2.45) is 5.41 Å². The molecule has 1 heterocycles. The molecule has 0 spiro atoms. The number of hydrogen-bond donors (Lipinski definition) is 6. The van der Waals surface area contributed by atoms with Gasteiger partial charge in [0.25, 0.3) is 5.56 Å². The molecule has 1 aliphatic carbocycles. The third-order valence-corrected chi connectivity index (χ3v) is 8.18. The van der Waals surface area contributed by atoms with Gasteiger partial charge < -0.3 is 24.7 Å². The van der Waals surface area contributed by atoms with Gasteiger partial charge in [0.15, 0.2) is 0 Å². The van der Waals surface area contributed by atoms with Gasteiger partial charge in [0.05, 0.1) is 18.8 Å². The second-order valence-electron chi connectivity index (χ2n) is 6.72. The van der Waals surface area contributed by atoms with Crippen molar-refractivity contribution in [1.29, 1.82) is 5.26 Å². The van der Waals surface area contributed by atoms with E-state index in [0.29, 0.717) is 0 Å². The van der Waals surface area contributed by atoms with E-state index in [4.69, 9.17) is 14.7 Å². The molecule has 31 heavy (non-hydrogen) atoms. The lowest BCUT2D eigenvalue weighted by molar-refractivity contribution is 0.0430. The Morgan fingerprint density at radius 3 is 2.39 bits per heavy atom. The van der Waals surface area contributed by atoms with Crippen LogP contribution in [0.5, 0.6) is 0 Å². The summed E-state index contributed by atoms with van der Waals surface area (Å²) in [5.41, 5.74) is -3.13. The maximum absolute atomic E-state index is 12.0. The van der Waals surface area contributed by atoms with Crippen LogP contribution in [0.4, 0.5) is 0 Å². The van der Waals surface area contributed by atoms with Crippen molar-refractivity contribution in [2.75, 3.05) is 6.61 Å². The molecule has 1 fully saturated rings. The summed E-state index contributed by atoms with van der Waals surface area (Å²) in [7, 11) is -16.8. The Kier molecular flexibility index (Phi) is 7.34. The molecule has 1 saturated carbocycles. The van der Waals surface area contributed by atoms with Crippen molar-refractivity contribution in [3.8, 4) is 6.07 Å². The number of aliphatic hydroxyl groups is 1. The van der Waals surface area contributed by atoms with Crippen LogP contribution >= 0.6 is 23.5 Å². The number of hydrogen-bond acceptors (Lipinski definition) is 10. The number of aryl methyl sites for hydroxylation is 1. The minimum Gasteiger partial charge on any atom is -0.391 e. The van der Waals surface area contributed by atoms with Crippen molar-refractivity contribution >= 4 is 23.5 Å². The van der Waals surface area contributed by atoms with Gasteiger partial charge in [0, 0.05) is 17.8 Å². The Hall–Kier alpha value is -1.46. The molecular weight excluding hydrogens is 487 g/mol. The monoisotopic (exact) mass is 505 g/mol. The van der Waals surface area contributed by atoms with Crippen LogP contribution in [0.15, 0.2) is 15.8 Å². The second kappa shape index (κ2) is 8.82. The maximum atomic E-state index is 12.0. The quantitative estimate of drug-likeness (QED) is 0.241. The number of nitrogens with one attached hydrogen (secondary N) is 1. The summed E-state index contributed by atoms with van der Waals surface area (Å²) in [5, 5.41) is 19.9. The molecule has 16 nitrogen and oxygen atoms in total. The van der Waals surface area contributed by atoms with Gasteiger partial charge in [-0.3, -0.25) is 18.9 Å². The van der Waals surface area contributed by atoms with Crippen LogP contribution in [-0.4, -0.2) is 46.9 Å². The number of nitriles is 1. The van der Waals surface area contributed by atoms with E-state index in [0.717, 1.165) is 4.57 Å². The summed E-state index contributed by atoms with van der Waals surface area (Å²) in [6.07, 6.45) is -0.743. The molecule has 1 aliphatic rings. The fourth-order valence-electron chi connectivity index (χ4n) is 3.00. The van der Waals surface area contributed by atoms with Crippen LogP contribution in [0.25, 0.3) is 0 Å². The molecule has 1 aromatic heterocycles. The van der Waals surface area contributed by atoms with Gasteiger partial charge in [0.2, 0.25) is 0 Å². The van der Waals surface area contributed by atoms with E-state index in [1.807, 2.05) is 0 Å². The Labute approximate surface area is 173 Å². The fourth-order valence-corrected chi connectivity index (χ4v) is 6.09. The van der Waals surface area contributed by atoms with Crippen molar-refractivity contribution in [3.63, 3.8) is 0 Å². The predicted octanol–water partition coefficient (Wildman–Crippen LogP) is -0.606. The highest BCUT2D eigenvalue weighted by atomic mass is 31.3. The number of H-pyrrole nitrogens is 1. The Bertz CT molecular complexity index is 1150. The normalized spacial score (nSPS) is 27.9. The van der Waals surface area contributed by atoms with Crippen LogP contribution in [-0.2, 0) is 26.8 Å². The van der Waals surface area contributed by atoms with Gasteiger partial charge in [-0.1, -0.05) is 0 Å². The molecule has 19 heteroatoms. The van der Waals surface area contributed by atoms with Gasteiger partial charge in [-0.05, 0) is 19.8 Å². The molecule has 0 aromatic carbocycles. The molecule has 0 bridgehead atoms. The summed E-state index contributed by atoms with van der Waals surface area (Å²) >= 11 is 0. The van der Waals surface area contributed by atoms with Crippen LogP contribution in [0.3, 0.4) is 0 Å². The maximum Gasteiger partial charge on any atom is 0.490 e. The fraction of sp³-hybridized carbons (Fsp3) is 0.583. The number of aliphatic hydroxyl groups excluding tert-OH is 1. The lowest BCUT2D eigenvalue weighted by Crippen LogP contribution is -2.34. The van der Waals surface area contributed by atoms with Gasteiger partial charge in [-0.25, -0.2) is 18.5 Å². The molecule has 1 aromatic rings. The van der Waals surface area contributed by atoms with Crippen molar-refractivity contribution < 1.29 is 51.5 Å². The van der Waals surface area contributed by atoms with Crippen LogP contribution in [0.1, 0.15) is 24.4 Å². The van der Waals surface area contributed by atoms with Gasteiger partial charge in [-0.15, -0.1) is 0 Å². The highest BCUT2D eigenvalue weighted by molar-refractivity contribution is 7.66. The number of phosphoric acid groups is 3. The van der Waals surface area contributed by atoms with Crippen LogP contribution in [0, 0.1) is 23.7 Å². The molecular formula is C12H18N3O13P3. The van der Waals surface area contributed by atoms with Gasteiger partial charge in [-0.2, -0.15) is 13.9 Å². The van der Waals surface area contributed by atoms with E-state index in [1.54, 1.807) is 6.07 Å². The van der Waals surface area contributed by atoms with E-state index in [2.05, 4.69) is 18.1 Å². The van der Waals surface area contributed by atoms with E-state index < -0.39 is 58.9 Å². The first kappa shape index (κ1) is 25.8. The largest absolute Gasteiger partial charge is 0.490 e. The minimum absolute atomic E-state index is 0.178. The number of nitrogens with zero attached hydrogens (tertiary/aromatic N) is 2. The van der Waals surface area contributed by atoms with Crippen molar-refractivity contribution in [3.05, 3.63) is 32.6 Å². The van der Waals surface area contributed by atoms with E-state index in [1.165, 1.54) is 13.1 Å². The summed E-state index contributed by atoms with van der Waals surface area (Å²) in [6, 6.07) is 0.891. The summed E-state index contributed by atoms with van der Waals surface area (Å²) in [6.45, 7) is 0.398. The third-order valence-electron chi connectivity index (χ3n) is 4.40. The second-order valence-corrected chi connectivity index (χ2v) is 11.1. The SMILES string of the molecule is Cc1cn([C@H]2C[C@H](O)[C@@](C#N)(COP(=O)(O)OP(=O)(O)OP(=O)(O)O)C2)c(=O)[nH]c1=O. The number of rotatable bonds is 8. The predicted molar refractivity (Wildman–Crippen MR) is 98.2 cm³/mol. The molecule has 5 atom stereocenters. The molecule has 6 N–H and O–H groups in total. The molecule has 2 rings (SSSR count). The minimum atomic E-state index is -5.75. The first-order valence-corrected chi connectivity index (χ1v) is 12.7. The van der Waals surface area contributed by atoms with Gasteiger partial charge >= 0.3 is 29.2 Å². The number of aromatic amines is 1.